The summed E-state index contributed by atoms with van der Waals surface area (Å²) in [5.74, 6) is 0.00152. The molecule has 1 aromatic heterocycles. The SMILES string of the molecule is CCC(I)C[C@H]1OC(c2cnc(N)[nH]c2=O)[C@H](O)[C@@H]1O. The largest absolute Gasteiger partial charge is 0.388 e. The van der Waals surface area contributed by atoms with Gasteiger partial charge in [-0.05, 0) is 12.8 Å². The average molecular weight is 395 g/mol. The van der Waals surface area contributed by atoms with Crippen molar-refractivity contribution in [1.82, 2.24) is 9.97 Å². The Hall–Kier alpha value is -0.710. The van der Waals surface area contributed by atoms with E-state index in [0.29, 0.717) is 10.3 Å². The number of nitrogen functional groups attached to an aromatic ring is 1. The topological polar surface area (TPSA) is 121 Å². The maximum absolute atomic E-state index is 11.8. The summed E-state index contributed by atoms with van der Waals surface area (Å²) in [4.78, 5) is 18.0. The van der Waals surface area contributed by atoms with Crippen LogP contribution in [0.4, 0.5) is 5.95 Å². The van der Waals surface area contributed by atoms with Crippen molar-refractivity contribution in [2.24, 2.45) is 0 Å². The smallest absolute Gasteiger partial charge is 0.258 e. The molecular weight excluding hydrogens is 377 g/mol. The van der Waals surface area contributed by atoms with E-state index in [1.165, 1.54) is 6.20 Å². The van der Waals surface area contributed by atoms with Crippen LogP contribution in [0.25, 0.3) is 0 Å². The van der Waals surface area contributed by atoms with Crippen molar-refractivity contribution in [3.63, 3.8) is 0 Å². The Morgan fingerprint density at radius 1 is 1.55 bits per heavy atom. The number of aromatic amines is 1. The summed E-state index contributed by atoms with van der Waals surface area (Å²) in [6, 6.07) is 0. The van der Waals surface area contributed by atoms with E-state index < -0.39 is 30.0 Å². The molecule has 1 aromatic rings. The molecular formula is C12H18IN3O4. The summed E-state index contributed by atoms with van der Waals surface area (Å²) in [6.07, 6.45) is -0.698. The van der Waals surface area contributed by atoms with E-state index in [9.17, 15) is 15.0 Å². The third-order valence-corrected chi connectivity index (χ3v) is 4.84. The van der Waals surface area contributed by atoms with E-state index in [1.807, 2.05) is 6.92 Å². The maximum Gasteiger partial charge on any atom is 0.258 e. The van der Waals surface area contributed by atoms with Crippen LogP contribution in [0.1, 0.15) is 31.4 Å². The predicted molar refractivity (Wildman–Crippen MR) is 81.6 cm³/mol. The third-order valence-electron chi connectivity index (χ3n) is 3.45. The van der Waals surface area contributed by atoms with Gasteiger partial charge in [-0.1, -0.05) is 29.5 Å². The first kappa shape index (κ1) is 15.7. The molecule has 0 spiro atoms. The summed E-state index contributed by atoms with van der Waals surface area (Å²) in [5, 5.41) is 20.1. The Balaban J connectivity index is 2.19. The Labute approximate surface area is 129 Å². The molecule has 8 heteroatoms. The molecule has 20 heavy (non-hydrogen) atoms. The van der Waals surface area contributed by atoms with Gasteiger partial charge in [0.15, 0.2) is 5.95 Å². The first-order valence-electron chi connectivity index (χ1n) is 6.44. The van der Waals surface area contributed by atoms with Gasteiger partial charge in [-0.25, -0.2) is 4.98 Å². The van der Waals surface area contributed by atoms with Crippen LogP contribution in [-0.2, 0) is 4.74 Å². The number of nitrogens with two attached hydrogens (primary N) is 1. The summed E-state index contributed by atoms with van der Waals surface area (Å²) < 4.78 is 5.99. The second kappa shape index (κ2) is 6.37. The highest BCUT2D eigenvalue weighted by atomic mass is 127. The highest BCUT2D eigenvalue weighted by molar-refractivity contribution is 14.1. The maximum atomic E-state index is 11.8. The van der Waals surface area contributed by atoms with Crippen LogP contribution < -0.4 is 11.3 Å². The second-order valence-electron chi connectivity index (χ2n) is 4.87. The molecule has 112 valence electrons. The molecule has 0 saturated carbocycles. The zero-order chi connectivity index (χ0) is 14.9. The Kier molecular flexibility index (Phi) is 4.99. The van der Waals surface area contributed by atoms with Gasteiger partial charge in [-0.15, -0.1) is 0 Å². The van der Waals surface area contributed by atoms with Gasteiger partial charge in [0.2, 0.25) is 0 Å². The number of rotatable bonds is 4. The molecule has 1 saturated heterocycles. The van der Waals surface area contributed by atoms with Gasteiger partial charge in [0.05, 0.1) is 11.7 Å². The van der Waals surface area contributed by atoms with Crippen molar-refractivity contribution in [2.45, 2.75) is 48.1 Å². The minimum Gasteiger partial charge on any atom is -0.388 e. The molecule has 0 aromatic carbocycles. The van der Waals surface area contributed by atoms with Gasteiger partial charge >= 0.3 is 0 Å². The number of halogens is 1. The highest BCUT2D eigenvalue weighted by Gasteiger charge is 2.44. The van der Waals surface area contributed by atoms with Crippen LogP contribution in [0.15, 0.2) is 11.0 Å². The van der Waals surface area contributed by atoms with Crippen molar-refractivity contribution in [2.75, 3.05) is 5.73 Å². The number of aliphatic hydroxyl groups excluding tert-OH is 2. The Morgan fingerprint density at radius 3 is 2.85 bits per heavy atom. The van der Waals surface area contributed by atoms with Crippen molar-refractivity contribution >= 4 is 28.5 Å². The lowest BCUT2D eigenvalue weighted by Crippen LogP contribution is -2.32. The third kappa shape index (κ3) is 3.13. The van der Waals surface area contributed by atoms with E-state index in [4.69, 9.17) is 10.5 Å². The van der Waals surface area contributed by atoms with Crippen molar-refractivity contribution in [3.8, 4) is 0 Å². The van der Waals surface area contributed by atoms with Crippen LogP contribution in [0.2, 0.25) is 0 Å². The van der Waals surface area contributed by atoms with Crippen LogP contribution in [-0.4, -0.2) is 42.4 Å². The number of nitrogens with zero attached hydrogens (tertiary/aromatic N) is 1. The van der Waals surface area contributed by atoms with Gasteiger partial charge < -0.3 is 20.7 Å². The number of aromatic nitrogens is 2. The van der Waals surface area contributed by atoms with Crippen LogP contribution in [0.5, 0.6) is 0 Å². The molecule has 2 heterocycles. The first-order valence-corrected chi connectivity index (χ1v) is 7.69. The molecule has 1 aliphatic rings. The molecule has 1 fully saturated rings. The van der Waals surface area contributed by atoms with Crippen molar-refractivity contribution in [1.29, 1.82) is 0 Å². The van der Waals surface area contributed by atoms with Gasteiger partial charge in [0.1, 0.15) is 18.3 Å². The Morgan fingerprint density at radius 2 is 2.25 bits per heavy atom. The standard InChI is InChI=1S/C12H18IN3O4/c1-2-5(13)3-7-8(17)9(18)10(20-7)6-4-15-12(14)16-11(6)19/h4-5,7-10,17-18H,2-3H2,1H3,(H3,14,15,16,19)/t5?,7-,8-,9-,10?/m1/s1. The predicted octanol–water partition coefficient (Wildman–Crippen LogP) is 0.117. The number of aliphatic hydroxyl groups is 2. The van der Waals surface area contributed by atoms with Crippen LogP contribution in [0.3, 0.4) is 0 Å². The molecule has 5 atom stereocenters. The average Bonchev–Trinajstić information content (AvgIpc) is 2.67. The molecule has 0 amide bonds. The molecule has 0 aliphatic carbocycles. The number of hydrogen-bond acceptors (Lipinski definition) is 6. The lowest BCUT2D eigenvalue weighted by atomic mass is 10.0. The number of alkyl halides is 1. The van der Waals surface area contributed by atoms with E-state index in [-0.39, 0.29) is 11.5 Å². The lowest BCUT2D eigenvalue weighted by Gasteiger charge is -2.17. The quantitative estimate of drug-likeness (QED) is 0.425. The minimum absolute atomic E-state index is 0.00152. The number of H-pyrrole nitrogens is 1. The molecule has 0 bridgehead atoms. The lowest BCUT2D eigenvalue weighted by molar-refractivity contribution is 0.00267. The summed E-state index contributed by atoms with van der Waals surface area (Å²) in [5.41, 5.74) is 5.09. The number of hydrogen-bond donors (Lipinski definition) is 4. The number of nitrogens with one attached hydrogen (secondary N) is 1. The molecule has 2 unspecified atom stereocenters. The normalized spacial score (nSPS) is 31.4. The minimum atomic E-state index is -1.15. The molecule has 5 N–H and O–H groups in total. The molecule has 1 aliphatic heterocycles. The summed E-state index contributed by atoms with van der Waals surface area (Å²) >= 11 is 2.28. The zero-order valence-corrected chi connectivity index (χ0v) is 13.1. The van der Waals surface area contributed by atoms with Gasteiger partial charge in [-0.2, -0.15) is 0 Å². The first-order chi connectivity index (χ1) is 9.43. The fraction of sp³-hybridized carbons (Fsp3) is 0.667. The van der Waals surface area contributed by atoms with E-state index in [0.717, 1.165) is 6.42 Å². The number of ether oxygens (including phenoxy) is 1. The second-order valence-corrected chi connectivity index (χ2v) is 6.63. The zero-order valence-electron chi connectivity index (χ0n) is 11.0. The van der Waals surface area contributed by atoms with E-state index >= 15 is 0 Å². The summed E-state index contributed by atoms with van der Waals surface area (Å²) in [7, 11) is 0. The van der Waals surface area contributed by atoms with Crippen molar-refractivity contribution < 1.29 is 14.9 Å². The van der Waals surface area contributed by atoms with Gasteiger partial charge in [0, 0.05) is 10.1 Å². The Bertz CT molecular complexity index is 524. The summed E-state index contributed by atoms with van der Waals surface area (Å²) in [6.45, 7) is 2.04. The fourth-order valence-corrected chi connectivity index (χ4v) is 2.74. The van der Waals surface area contributed by atoms with Gasteiger partial charge in [0.25, 0.3) is 5.56 Å². The molecule has 0 radical (unpaired) electrons. The number of anilines is 1. The molecule has 7 nitrogen and oxygen atoms in total. The van der Waals surface area contributed by atoms with Crippen molar-refractivity contribution in [3.05, 3.63) is 22.1 Å². The fourth-order valence-electron chi connectivity index (χ4n) is 2.24. The van der Waals surface area contributed by atoms with Crippen LogP contribution >= 0.6 is 22.6 Å². The monoisotopic (exact) mass is 395 g/mol. The van der Waals surface area contributed by atoms with Crippen LogP contribution in [0, 0.1) is 0 Å². The van der Waals surface area contributed by atoms with E-state index in [2.05, 4.69) is 32.6 Å². The highest BCUT2D eigenvalue weighted by Crippen LogP contribution is 2.35. The van der Waals surface area contributed by atoms with Gasteiger partial charge in [-0.3, -0.25) is 9.78 Å². The molecule has 2 rings (SSSR count). The van der Waals surface area contributed by atoms with E-state index in [1.54, 1.807) is 0 Å².